The third kappa shape index (κ3) is 2.26. The maximum atomic E-state index is 12.7. The molecule has 0 saturated carbocycles. The summed E-state index contributed by atoms with van der Waals surface area (Å²) in [5.41, 5.74) is 0.0737. The smallest absolute Gasteiger partial charge is 0.281 e. The SMILES string of the molecule is O=Nc1c(-c2ccccc2)nc2cc(C(F)(F)F)ccn12. The van der Waals surface area contributed by atoms with Gasteiger partial charge in [-0.05, 0) is 17.3 Å². The predicted molar refractivity (Wildman–Crippen MR) is 71.1 cm³/mol. The Morgan fingerprint density at radius 1 is 1.10 bits per heavy atom. The number of aromatic nitrogens is 2. The van der Waals surface area contributed by atoms with Crippen LogP contribution in [0.4, 0.5) is 19.0 Å². The second-order valence-corrected chi connectivity index (χ2v) is 4.38. The van der Waals surface area contributed by atoms with E-state index in [0.717, 1.165) is 18.3 Å². The first-order valence-electron chi connectivity index (χ1n) is 5.99. The molecule has 3 rings (SSSR count). The van der Waals surface area contributed by atoms with E-state index >= 15 is 0 Å². The molecule has 0 aliphatic rings. The molecule has 0 aliphatic carbocycles. The van der Waals surface area contributed by atoms with Crippen molar-refractivity contribution >= 4 is 11.5 Å². The average molecular weight is 291 g/mol. The van der Waals surface area contributed by atoms with Gasteiger partial charge in [-0.25, -0.2) is 4.98 Å². The van der Waals surface area contributed by atoms with E-state index in [0.29, 0.717) is 5.56 Å². The Kier molecular flexibility index (Phi) is 2.97. The fourth-order valence-electron chi connectivity index (χ4n) is 2.09. The van der Waals surface area contributed by atoms with Crippen LogP contribution in [-0.2, 0) is 6.18 Å². The maximum absolute atomic E-state index is 12.7. The highest BCUT2D eigenvalue weighted by molar-refractivity contribution is 5.74. The lowest BCUT2D eigenvalue weighted by Crippen LogP contribution is -2.05. The monoisotopic (exact) mass is 291 g/mol. The number of nitroso groups, excluding NO2 is 1. The molecule has 0 atom stereocenters. The molecule has 0 amide bonds. The Morgan fingerprint density at radius 2 is 1.81 bits per heavy atom. The lowest BCUT2D eigenvalue weighted by molar-refractivity contribution is -0.137. The van der Waals surface area contributed by atoms with E-state index in [1.54, 1.807) is 30.3 Å². The number of nitrogens with zero attached hydrogens (tertiary/aromatic N) is 3. The molecule has 0 saturated heterocycles. The summed E-state index contributed by atoms with van der Waals surface area (Å²) >= 11 is 0. The van der Waals surface area contributed by atoms with Crippen molar-refractivity contribution in [1.82, 2.24) is 9.38 Å². The second-order valence-electron chi connectivity index (χ2n) is 4.38. The van der Waals surface area contributed by atoms with E-state index in [2.05, 4.69) is 10.2 Å². The van der Waals surface area contributed by atoms with Crippen LogP contribution >= 0.6 is 0 Å². The third-order valence-corrected chi connectivity index (χ3v) is 3.06. The van der Waals surface area contributed by atoms with Crippen LogP contribution in [0.3, 0.4) is 0 Å². The molecular formula is C14H8F3N3O. The van der Waals surface area contributed by atoms with Crippen LogP contribution < -0.4 is 0 Å². The predicted octanol–water partition coefficient (Wildman–Crippen LogP) is 4.42. The fourth-order valence-corrected chi connectivity index (χ4v) is 2.09. The highest BCUT2D eigenvalue weighted by Crippen LogP contribution is 2.34. The quantitative estimate of drug-likeness (QED) is 0.656. The van der Waals surface area contributed by atoms with Crippen LogP contribution in [0.15, 0.2) is 53.8 Å². The molecule has 4 nitrogen and oxygen atoms in total. The molecule has 0 spiro atoms. The topological polar surface area (TPSA) is 46.7 Å². The number of pyridine rings is 1. The van der Waals surface area contributed by atoms with Gasteiger partial charge in [-0.15, -0.1) is 4.91 Å². The van der Waals surface area contributed by atoms with Crippen molar-refractivity contribution in [3.8, 4) is 11.3 Å². The van der Waals surface area contributed by atoms with Gasteiger partial charge < -0.3 is 0 Å². The molecule has 0 radical (unpaired) electrons. The summed E-state index contributed by atoms with van der Waals surface area (Å²) in [5, 5.41) is 2.90. The minimum Gasteiger partial charge on any atom is -0.281 e. The minimum absolute atomic E-state index is 0.0232. The Labute approximate surface area is 116 Å². The molecular weight excluding hydrogens is 283 g/mol. The van der Waals surface area contributed by atoms with Gasteiger partial charge in [-0.1, -0.05) is 30.3 Å². The molecule has 2 heterocycles. The molecule has 0 unspecified atom stereocenters. The normalized spacial score (nSPS) is 11.8. The summed E-state index contributed by atoms with van der Waals surface area (Å²) in [6.07, 6.45) is -3.32. The van der Waals surface area contributed by atoms with Gasteiger partial charge >= 0.3 is 6.18 Å². The van der Waals surface area contributed by atoms with Gasteiger partial charge in [0.15, 0.2) is 0 Å². The zero-order valence-corrected chi connectivity index (χ0v) is 10.5. The zero-order chi connectivity index (χ0) is 15.0. The van der Waals surface area contributed by atoms with Crippen LogP contribution in [0.1, 0.15) is 5.56 Å². The Balaban J connectivity index is 2.25. The van der Waals surface area contributed by atoms with Crippen LogP contribution in [0.25, 0.3) is 16.9 Å². The second kappa shape index (κ2) is 4.69. The number of hydrogen-bond donors (Lipinski definition) is 0. The van der Waals surface area contributed by atoms with Gasteiger partial charge in [0.05, 0.1) is 5.56 Å². The van der Waals surface area contributed by atoms with Gasteiger partial charge in [0, 0.05) is 11.8 Å². The van der Waals surface area contributed by atoms with E-state index < -0.39 is 11.7 Å². The number of halogens is 3. The van der Waals surface area contributed by atoms with Crippen LogP contribution in [0.5, 0.6) is 0 Å². The first-order valence-corrected chi connectivity index (χ1v) is 5.99. The number of rotatable bonds is 2. The minimum atomic E-state index is -4.46. The van der Waals surface area contributed by atoms with Crippen molar-refractivity contribution in [2.45, 2.75) is 6.18 Å². The number of imidazole rings is 1. The molecule has 0 bridgehead atoms. The zero-order valence-electron chi connectivity index (χ0n) is 10.5. The molecule has 0 fully saturated rings. The highest BCUT2D eigenvalue weighted by atomic mass is 19.4. The lowest BCUT2D eigenvalue weighted by atomic mass is 10.1. The average Bonchev–Trinajstić information content (AvgIpc) is 2.84. The van der Waals surface area contributed by atoms with Crippen molar-refractivity contribution in [2.75, 3.05) is 0 Å². The van der Waals surface area contributed by atoms with Crippen LogP contribution in [0, 0.1) is 4.91 Å². The molecule has 2 aromatic heterocycles. The molecule has 21 heavy (non-hydrogen) atoms. The Bertz CT molecular complexity index is 809. The summed E-state index contributed by atoms with van der Waals surface area (Å²) in [4.78, 5) is 15.1. The number of benzene rings is 1. The summed E-state index contributed by atoms with van der Waals surface area (Å²) in [6.45, 7) is 0. The van der Waals surface area contributed by atoms with Gasteiger partial charge in [0.1, 0.15) is 11.3 Å². The van der Waals surface area contributed by atoms with E-state index in [-0.39, 0.29) is 17.2 Å². The number of hydrogen-bond acceptors (Lipinski definition) is 3. The van der Waals surface area contributed by atoms with E-state index in [1.807, 2.05) is 0 Å². The molecule has 3 aromatic rings. The van der Waals surface area contributed by atoms with Crippen molar-refractivity contribution in [2.24, 2.45) is 5.18 Å². The van der Waals surface area contributed by atoms with Gasteiger partial charge in [0.25, 0.3) is 0 Å². The third-order valence-electron chi connectivity index (χ3n) is 3.06. The van der Waals surface area contributed by atoms with E-state index in [4.69, 9.17) is 0 Å². The van der Waals surface area contributed by atoms with Gasteiger partial charge in [0.2, 0.25) is 5.82 Å². The van der Waals surface area contributed by atoms with E-state index in [9.17, 15) is 18.1 Å². The van der Waals surface area contributed by atoms with Crippen molar-refractivity contribution in [3.05, 3.63) is 59.1 Å². The maximum Gasteiger partial charge on any atom is 0.416 e. The van der Waals surface area contributed by atoms with Crippen molar-refractivity contribution in [3.63, 3.8) is 0 Å². The Hall–Kier alpha value is -2.70. The van der Waals surface area contributed by atoms with Gasteiger partial charge in [-0.2, -0.15) is 13.2 Å². The molecule has 0 aliphatic heterocycles. The highest BCUT2D eigenvalue weighted by Gasteiger charge is 2.31. The van der Waals surface area contributed by atoms with Crippen LogP contribution in [-0.4, -0.2) is 9.38 Å². The first-order chi connectivity index (χ1) is 10.0. The summed E-state index contributed by atoms with van der Waals surface area (Å²) in [6, 6.07) is 10.5. The van der Waals surface area contributed by atoms with E-state index in [1.165, 1.54) is 4.40 Å². The standard InChI is InChI=1S/C14H8F3N3O/c15-14(16,17)10-6-7-20-11(8-10)18-12(13(20)19-21)9-4-2-1-3-5-9/h1-8H. The van der Waals surface area contributed by atoms with Crippen molar-refractivity contribution < 1.29 is 13.2 Å². The van der Waals surface area contributed by atoms with Crippen molar-refractivity contribution in [1.29, 1.82) is 0 Å². The summed E-state index contributed by atoms with van der Waals surface area (Å²) in [7, 11) is 0. The fraction of sp³-hybridized carbons (Fsp3) is 0.0714. The lowest BCUT2D eigenvalue weighted by Gasteiger charge is -2.05. The summed E-state index contributed by atoms with van der Waals surface area (Å²) < 4.78 is 39.4. The van der Waals surface area contributed by atoms with Gasteiger partial charge in [-0.3, -0.25) is 4.40 Å². The Morgan fingerprint density at radius 3 is 2.43 bits per heavy atom. The molecule has 7 heteroatoms. The summed E-state index contributed by atoms with van der Waals surface area (Å²) in [5.74, 6) is -0.0232. The molecule has 106 valence electrons. The number of alkyl halides is 3. The largest absolute Gasteiger partial charge is 0.416 e. The molecule has 1 aromatic carbocycles. The molecule has 0 N–H and O–H groups in total. The number of fused-ring (bicyclic) bond motifs is 1. The van der Waals surface area contributed by atoms with Crippen LogP contribution in [0.2, 0.25) is 0 Å². The first kappa shape index (κ1) is 13.3.